The Hall–Kier alpha value is -0.300. The number of fused-ring (bicyclic) bond motifs is 2. The van der Waals surface area contributed by atoms with Gasteiger partial charge in [0.05, 0.1) is 12.2 Å². The average molecular weight is 166 g/mol. The van der Waals surface area contributed by atoms with Gasteiger partial charge in [0, 0.05) is 5.92 Å². The van der Waals surface area contributed by atoms with Gasteiger partial charge in [-0.05, 0) is 19.3 Å². The van der Waals surface area contributed by atoms with Crippen molar-refractivity contribution in [3.8, 4) is 0 Å². The topological polar surface area (TPSA) is 9.23 Å². The molecule has 0 amide bonds. The van der Waals surface area contributed by atoms with E-state index in [2.05, 4.69) is 19.1 Å². The van der Waals surface area contributed by atoms with E-state index < -0.39 is 0 Å². The van der Waals surface area contributed by atoms with Gasteiger partial charge in [0.2, 0.25) is 0 Å². The van der Waals surface area contributed by atoms with E-state index in [4.69, 9.17) is 4.74 Å². The van der Waals surface area contributed by atoms with Gasteiger partial charge in [-0.25, -0.2) is 0 Å². The molecule has 0 aromatic carbocycles. The second-order valence-corrected chi connectivity index (χ2v) is 4.10. The standard InChI is InChI=1S/C11H18O/c1-9-5-4-7-10-6-2-3-8-11(9)12-10/h4-5,9-11H,2-3,6-8H2,1H3/t9-,10?,11-/m1/s1. The Labute approximate surface area is 74.8 Å². The summed E-state index contributed by atoms with van der Waals surface area (Å²) >= 11 is 0. The third kappa shape index (κ3) is 1.71. The summed E-state index contributed by atoms with van der Waals surface area (Å²) in [6.07, 6.45) is 12.1. The summed E-state index contributed by atoms with van der Waals surface area (Å²) in [6.45, 7) is 2.27. The Morgan fingerprint density at radius 2 is 2.08 bits per heavy atom. The molecule has 1 saturated heterocycles. The van der Waals surface area contributed by atoms with E-state index in [-0.39, 0.29) is 0 Å². The smallest absolute Gasteiger partial charge is 0.0638 e. The summed E-state index contributed by atoms with van der Waals surface area (Å²) in [5.41, 5.74) is 0. The molecule has 0 spiro atoms. The largest absolute Gasteiger partial charge is 0.374 e. The Balaban J connectivity index is 2.09. The van der Waals surface area contributed by atoms with Crippen LogP contribution in [0.4, 0.5) is 0 Å². The highest BCUT2D eigenvalue weighted by Crippen LogP contribution is 2.28. The first-order valence-corrected chi connectivity index (χ1v) is 5.18. The Kier molecular flexibility index (Phi) is 2.50. The second-order valence-electron chi connectivity index (χ2n) is 4.10. The van der Waals surface area contributed by atoms with Crippen LogP contribution in [0.1, 0.15) is 39.0 Å². The first kappa shape index (κ1) is 8.31. The fraction of sp³-hybridized carbons (Fsp3) is 0.818. The Bertz CT molecular complexity index is 174. The lowest BCUT2D eigenvalue weighted by Crippen LogP contribution is -2.22. The van der Waals surface area contributed by atoms with Gasteiger partial charge >= 0.3 is 0 Å². The minimum absolute atomic E-state index is 0.510. The van der Waals surface area contributed by atoms with Gasteiger partial charge in [0.25, 0.3) is 0 Å². The van der Waals surface area contributed by atoms with Crippen LogP contribution >= 0.6 is 0 Å². The molecule has 0 saturated carbocycles. The molecule has 1 fully saturated rings. The Morgan fingerprint density at radius 3 is 3.00 bits per heavy atom. The zero-order valence-corrected chi connectivity index (χ0v) is 7.83. The molecule has 0 aromatic heterocycles. The average Bonchev–Trinajstić information content (AvgIpc) is 2.38. The van der Waals surface area contributed by atoms with Gasteiger partial charge in [0.1, 0.15) is 0 Å². The van der Waals surface area contributed by atoms with Gasteiger partial charge in [-0.1, -0.05) is 31.9 Å². The molecule has 3 atom stereocenters. The lowest BCUT2D eigenvalue weighted by molar-refractivity contribution is -0.0194. The molecule has 2 bridgehead atoms. The predicted octanol–water partition coefficient (Wildman–Crippen LogP) is 2.91. The molecule has 0 radical (unpaired) electrons. The summed E-state index contributed by atoms with van der Waals surface area (Å²) in [5.74, 6) is 0.632. The van der Waals surface area contributed by atoms with Crippen LogP contribution in [0.25, 0.3) is 0 Å². The van der Waals surface area contributed by atoms with E-state index in [1.807, 2.05) is 0 Å². The highest BCUT2D eigenvalue weighted by Gasteiger charge is 2.24. The molecule has 12 heavy (non-hydrogen) atoms. The van der Waals surface area contributed by atoms with Crippen molar-refractivity contribution in [3.05, 3.63) is 12.2 Å². The summed E-state index contributed by atoms with van der Waals surface area (Å²) in [6, 6.07) is 0. The highest BCUT2D eigenvalue weighted by molar-refractivity contribution is 4.96. The van der Waals surface area contributed by atoms with Crippen LogP contribution in [0.2, 0.25) is 0 Å². The van der Waals surface area contributed by atoms with Crippen molar-refractivity contribution in [3.63, 3.8) is 0 Å². The predicted molar refractivity (Wildman–Crippen MR) is 50.1 cm³/mol. The van der Waals surface area contributed by atoms with Crippen LogP contribution in [0.3, 0.4) is 0 Å². The van der Waals surface area contributed by atoms with Gasteiger partial charge in [-0.3, -0.25) is 0 Å². The highest BCUT2D eigenvalue weighted by atomic mass is 16.5. The SMILES string of the molecule is C[C@@H]1C=CCC2CCCC[C@H]1O2. The number of rotatable bonds is 0. The van der Waals surface area contributed by atoms with Crippen molar-refractivity contribution in [2.24, 2.45) is 5.92 Å². The minimum atomic E-state index is 0.510. The molecule has 1 unspecified atom stereocenters. The fourth-order valence-corrected chi connectivity index (χ4v) is 2.23. The molecular formula is C11H18O. The van der Waals surface area contributed by atoms with E-state index in [0.717, 1.165) is 6.42 Å². The molecule has 2 aliphatic rings. The van der Waals surface area contributed by atoms with Gasteiger partial charge < -0.3 is 4.74 Å². The summed E-state index contributed by atoms with van der Waals surface area (Å²) in [7, 11) is 0. The third-order valence-corrected chi connectivity index (χ3v) is 3.06. The molecule has 1 nitrogen and oxygen atoms in total. The van der Waals surface area contributed by atoms with E-state index in [9.17, 15) is 0 Å². The number of hydrogen-bond acceptors (Lipinski definition) is 1. The molecule has 1 heteroatoms. The molecule has 0 aromatic rings. The second kappa shape index (κ2) is 3.61. The number of hydrogen-bond donors (Lipinski definition) is 0. The fourth-order valence-electron chi connectivity index (χ4n) is 2.23. The molecule has 0 N–H and O–H groups in total. The molecule has 68 valence electrons. The monoisotopic (exact) mass is 166 g/mol. The maximum Gasteiger partial charge on any atom is 0.0638 e. The van der Waals surface area contributed by atoms with Crippen molar-refractivity contribution in [2.45, 2.75) is 51.2 Å². The number of ether oxygens (including phenoxy) is 1. The van der Waals surface area contributed by atoms with Crippen molar-refractivity contribution in [1.29, 1.82) is 0 Å². The minimum Gasteiger partial charge on any atom is -0.374 e. The molecule has 2 heterocycles. The molecule has 0 aliphatic carbocycles. The third-order valence-electron chi connectivity index (χ3n) is 3.06. The van der Waals surface area contributed by atoms with Gasteiger partial charge in [0.15, 0.2) is 0 Å². The summed E-state index contributed by atoms with van der Waals surface area (Å²) in [4.78, 5) is 0. The van der Waals surface area contributed by atoms with E-state index in [0.29, 0.717) is 18.1 Å². The zero-order valence-electron chi connectivity index (χ0n) is 7.83. The lowest BCUT2D eigenvalue weighted by atomic mass is 9.98. The van der Waals surface area contributed by atoms with Crippen LogP contribution in [0, 0.1) is 5.92 Å². The molecule has 2 rings (SSSR count). The maximum absolute atomic E-state index is 6.02. The van der Waals surface area contributed by atoms with E-state index in [1.54, 1.807) is 0 Å². The van der Waals surface area contributed by atoms with Crippen molar-refractivity contribution in [1.82, 2.24) is 0 Å². The zero-order chi connectivity index (χ0) is 8.39. The van der Waals surface area contributed by atoms with Crippen LogP contribution < -0.4 is 0 Å². The van der Waals surface area contributed by atoms with E-state index >= 15 is 0 Å². The summed E-state index contributed by atoms with van der Waals surface area (Å²) < 4.78 is 6.02. The van der Waals surface area contributed by atoms with Crippen LogP contribution in [-0.2, 0) is 4.74 Å². The van der Waals surface area contributed by atoms with Crippen LogP contribution in [0.5, 0.6) is 0 Å². The van der Waals surface area contributed by atoms with Gasteiger partial charge in [-0.15, -0.1) is 0 Å². The first-order chi connectivity index (χ1) is 5.86. The Morgan fingerprint density at radius 1 is 1.25 bits per heavy atom. The van der Waals surface area contributed by atoms with Crippen molar-refractivity contribution < 1.29 is 4.74 Å². The maximum atomic E-state index is 6.02. The van der Waals surface area contributed by atoms with Crippen molar-refractivity contribution in [2.75, 3.05) is 0 Å². The van der Waals surface area contributed by atoms with E-state index in [1.165, 1.54) is 25.7 Å². The molecule has 2 aliphatic heterocycles. The molecular weight excluding hydrogens is 148 g/mol. The summed E-state index contributed by atoms with van der Waals surface area (Å²) in [5, 5.41) is 0. The first-order valence-electron chi connectivity index (χ1n) is 5.18. The van der Waals surface area contributed by atoms with Crippen LogP contribution in [0.15, 0.2) is 12.2 Å². The lowest BCUT2D eigenvalue weighted by Gasteiger charge is -2.21. The quantitative estimate of drug-likeness (QED) is 0.503. The van der Waals surface area contributed by atoms with Crippen LogP contribution in [-0.4, -0.2) is 12.2 Å². The van der Waals surface area contributed by atoms with Crippen molar-refractivity contribution >= 4 is 0 Å². The normalized spacial score (nSPS) is 41.9. The van der Waals surface area contributed by atoms with Gasteiger partial charge in [-0.2, -0.15) is 0 Å².